The molecule has 0 bridgehead atoms. The first kappa shape index (κ1) is 24.2. The number of hydrogen-bond donors (Lipinski definition) is 0. The standard InChI is InChI=1S/C27H28N8O2S/c1-18-5-4-6-22(19(18)2)32-13-15-33(16-14-32)23-11-12-34-26(28-23)30-35(27(34)36)17-24-29-25(31-37-24)20-7-9-21(38-3)10-8-20/h4-12H,13-17H2,1-3H3. The Bertz CT molecular complexity index is 1650. The zero-order valence-corrected chi connectivity index (χ0v) is 22.4. The highest BCUT2D eigenvalue weighted by Crippen LogP contribution is 2.25. The Morgan fingerprint density at radius 2 is 1.71 bits per heavy atom. The van der Waals surface area contributed by atoms with Crippen molar-refractivity contribution in [2.45, 2.75) is 25.3 Å². The highest BCUT2D eigenvalue weighted by molar-refractivity contribution is 7.98. The van der Waals surface area contributed by atoms with E-state index < -0.39 is 0 Å². The lowest BCUT2D eigenvalue weighted by Crippen LogP contribution is -2.47. The Kier molecular flexibility index (Phi) is 6.36. The molecule has 4 heterocycles. The molecule has 10 nitrogen and oxygen atoms in total. The van der Waals surface area contributed by atoms with E-state index in [4.69, 9.17) is 9.51 Å². The first-order chi connectivity index (χ1) is 18.5. The number of aryl methyl sites for hydroxylation is 1. The number of hydrogen-bond acceptors (Lipinski definition) is 9. The van der Waals surface area contributed by atoms with Crippen LogP contribution < -0.4 is 15.5 Å². The van der Waals surface area contributed by atoms with Crippen LogP contribution in [0.1, 0.15) is 17.0 Å². The lowest BCUT2D eigenvalue weighted by molar-refractivity contribution is 0.364. The van der Waals surface area contributed by atoms with Crippen LogP contribution in [0.15, 0.2) is 68.9 Å². The Hall–Kier alpha value is -4.12. The molecule has 2 aromatic carbocycles. The lowest BCUT2D eigenvalue weighted by Gasteiger charge is -2.37. The van der Waals surface area contributed by atoms with Gasteiger partial charge in [0.2, 0.25) is 11.7 Å². The lowest BCUT2D eigenvalue weighted by atomic mass is 10.1. The molecule has 0 radical (unpaired) electrons. The number of thioether (sulfide) groups is 1. The molecular formula is C27H28N8O2S. The molecule has 1 fully saturated rings. The van der Waals surface area contributed by atoms with Crippen LogP contribution in [-0.2, 0) is 6.54 Å². The number of benzene rings is 2. The number of nitrogens with zero attached hydrogens (tertiary/aromatic N) is 8. The third-order valence-corrected chi connectivity index (χ3v) is 7.81. The van der Waals surface area contributed by atoms with Crippen LogP contribution in [0.2, 0.25) is 0 Å². The quantitative estimate of drug-likeness (QED) is 0.306. The summed E-state index contributed by atoms with van der Waals surface area (Å²) in [5, 5.41) is 8.51. The van der Waals surface area contributed by atoms with Gasteiger partial charge in [-0.25, -0.2) is 13.9 Å². The van der Waals surface area contributed by atoms with Crippen LogP contribution in [0.3, 0.4) is 0 Å². The van der Waals surface area contributed by atoms with Gasteiger partial charge in [0.05, 0.1) is 0 Å². The van der Waals surface area contributed by atoms with Gasteiger partial charge in [0.1, 0.15) is 12.4 Å². The van der Waals surface area contributed by atoms with Gasteiger partial charge in [-0.05, 0) is 67.6 Å². The summed E-state index contributed by atoms with van der Waals surface area (Å²) < 4.78 is 8.15. The van der Waals surface area contributed by atoms with Gasteiger partial charge >= 0.3 is 5.69 Å². The summed E-state index contributed by atoms with van der Waals surface area (Å²) in [6.07, 6.45) is 3.76. The maximum atomic E-state index is 12.9. The largest absolute Gasteiger partial charge is 0.368 e. The molecule has 0 amide bonds. The van der Waals surface area contributed by atoms with Gasteiger partial charge in [-0.15, -0.1) is 16.9 Å². The predicted octanol–water partition coefficient (Wildman–Crippen LogP) is 3.65. The van der Waals surface area contributed by atoms with Crippen LogP contribution in [0.4, 0.5) is 11.5 Å². The fourth-order valence-corrected chi connectivity index (χ4v) is 5.14. The van der Waals surface area contributed by atoms with Crippen LogP contribution in [0, 0.1) is 13.8 Å². The van der Waals surface area contributed by atoms with Crippen molar-refractivity contribution >= 4 is 29.0 Å². The molecule has 0 atom stereocenters. The molecule has 0 unspecified atom stereocenters. The van der Waals surface area contributed by atoms with E-state index in [9.17, 15) is 4.79 Å². The molecule has 1 saturated heterocycles. The second-order valence-corrected chi connectivity index (χ2v) is 10.2. The summed E-state index contributed by atoms with van der Waals surface area (Å²) in [6.45, 7) is 7.88. The molecule has 194 valence electrons. The SMILES string of the molecule is CSc1ccc(-c2noc(Cn3nc4nc(N5CCN(c6cccc(C)c6C)CC5)ccn4c3=O)n2)cc1. The average Bonchev–Trinajstić information content (AvgIpc) is 3.54. The van der Waals surface area contributed by atoms with Crippen molar-refractivity contribution in [3.8, 4) is 11.4 Å². The highest BCUT2D eigenvalue weighted by atomic mass is 32.2. The smallest absolute Gasteiger partial charge is 0.352 e. The second-order valence-electron chi connectivity index (χ2n) is 9.33. The number of aromatic nitrogens is 6. The van der Waals surface area contributed by atoms with Gasteiger partial charge in [-0.2, -0.15) is 9.97 Å². The van der Waals surface area contributed by atoms with Gasteiger partial charge in [0.15, 0.2) is 0 Å². The van der Waals surface area contributed by atoms with E-state index in [1.165, 1.54) is 25.9 Å². The molecule has 3 aromatic heterocycles. The zero-order valence-electron chi connectivity index (χ0n) is 21.5. The molecule has 5 aromatic rings. The number of piperazine rings is 1. The van der Waals surface area contributed by atoms with E-state index >= 15 is 0 Å². The number of anilines is 2. The Labute approximate surface area is 223 Å². The van der Waals surface area contributed by atoms with E-state index in [-0.39, 0.29) is 12.2 Å². The molecule has 0 spiro atoms. The summed E-state index contributed by atoms with van der Waals surface area (Å²) in [5.41, 5.74) is 4.47. The summed E-state index contributed by atoms with van der Waals surface area (Å²) >= 11 is 1.67. The maximum Gasteiger partial charge on any atom is 0.352 e. The van der Waals surface area contributed by atoms with Crippen LogP contribution in [0.5, 0.6) is 0 Å². The second kappa shape index (κ2) is 9.97. The van der Waals surface area contributed by atoms with Crippen molar-refractivity contribution in [3.05, 3.63) is 82.2 Å². The van der Waals surface area contributed by atoms with Crippen LogP contribution in [0.25, 0.3) is 17.2 Å². The minimum absolute atomic E-state index is 0.0714. The Balaban J connectivity index is 1.17. The van der Waals surface area contributed by atoms with Crippen molar-refractivity contribution in [2.75, 3.05) is 42.2 Å². The molecule has 11 heteroatoms. The fraction of sp³-hybridized carbons (Fsp3) is 0.296. The van der Waals surface area contributed by atoms with Crippen molar-refractivity contribution in [2.24, 2.45) is 0 Å². The Morgan fingerprint density at radius 3 is 2.47 bits per heavy atom. The summed E-state index contributed by atoms with van der Waals surface area (Å²) in [5.74, 6) is 1.94. The van der Waals surface area contributed by atoms with Crippen molar-refractivity contribution < 1.29 is 4.52 Å². The van der Waals surface area contributed by atoms with E-state index in [2.05, 4.69) is 57.1 Å². The highest BCUT2D eigenvalue weighted by Gasteiger charge is 2.21. The van der Waals surface area contributed by atoms with Gasteiger partial charge in [-0.3, -0.25) is 0 Å². The zero-order chi connectivity index (χ0) is 26.2. The average molecular weight is 529 g/mol. The summed E-state index contributed by atoms with van der Waals surface area (Å²) in [4.78, 5) is 27.9. The maximum absolute atomic E-state index is 12.9. The van der Waals surface area contributed by atoms with Crippen molar-refractivity contribution in [3.63, 3.8) is 0 Å². The van der Waals surface area contributed by atoms with Gasteiger partial charge < -0.3 is 14.3 Å². The van der Waals surface area contributed by atoms with E-state index in [1.54, 1.807) is 18.0 Å². The molecule has 1 aliphatic rings. The van der Waals surface area contributed by atoms with Crippen LogP contribution in [-0.4, -0.2) is 61.7 Å². The third kappa shape index (κ3) is 4.53. The van der Waals surface area contributed by atoms with E-state index in [1.807, 2.05) is 36.6 Å². The first-order valence-electron chi connectivity index (χ1n) is 12.5. The normalized spacial score (nSPS) is 14.0. The molecular weight excluding hydrogens is 500 g/mol. The van der Waals surface area contributed by atoms with Crippen molar-refractivity contribution in [1.29, 1.82) is 0 Å². The van der Waals surface area contributed by atoms with Crippen LogP contribution >= 0.6 is 11.8 Å². The minimum Gasteiger partial charge on any atom is -0.368 e. The molecule has 1 aliphatic heterocycles. The van der Waals surface area contributed by atoms with Gasteiger partial charge in [0, 0.05) is 48.5 Å². The number of fused-ring (bicyclic) bond motifs is 1. The molecule has 0 saturated carbocycles. The van der Waals surface area contributed by atoms with E-state index in [0.29, 0.717) is 17.5 Å². The molecule has 38 heavy (non-hydrogen) atoms. The first-order valence-corrected chi connectivity index (χ1v) is 13.7. The molecule has 0 N–H and O–H groups in total. The fourth-order valence-electron chi connectivity index (χ4n) is 4.73. The number of rotatable bonds is 6. The summed E-state index contributed by atoms with van der Waals surface area (Å²) in [7, 11) is 0. The van der Waals surface area contributed by atoms with Gasteiger partial charge in [0.25, 0.3) is 5.78 Å². The Morgan fingerprint density at radius 1 is 0.947 bits per heavy atom. The minimum atomic E-state index is -0.303. The van der Waals surface area contributed by atoms with Gasteiger partial charge in [-0.1, -0.05) is 17.3 Å². The van der Waals surface area contributed by atoms with Crippen molar-refractivity contribution in [1.82, 2.24) is 29.3 Å². The predicted molar refractivity (Wildman–Crippen MR) is 148 cm³/mol. The topological polar surface area (TPSA) is 97.6 Å². The van der Waals surface area contributed by atoms with E-state index in [0.717, 1.165) is 42.5 Å². The third-order valence-electron chi connectivity index (χ3n) is 7.06. The monoisotopic (exact) mass is 528 g/mol. The summed E-state index contributed by atoms with van der Waals surface area (Å²) in [6, 6.07) is 16.2. The molecule has 0 aliphatic carbocycles. The molecule has 6 rings (SSSR count).